The number of hydrogen-bond acceptors (Lipinski definition) is 5. The fraction of sp³-hybridized carbons (Fsp3) is 0.0714. The van der Waals surface area contributed by atoms with Gasteiger partial charge in [0.05, 0.1) is 23.9 Å². The summed E-state index contributed by atoms with van der Waals surface area (Å²) in [6, 6.07) is 11.7. The van der Waals surface area contributed by atoms with Crippen LogP contribution in [0, 0.1) is 10.1 Å². The largest absolute Gasteiger partial charge is 0.496 e. The van der Waals surface area contributed by atoms with Crippen LogP contribution < -0.4 is 10.2 Å². The van der Waals surface area contributed by atoms with Crippen LogP contribution in [0.25, 0.3) is 0 Å². The summed E-state index contributed by atoms with van der Waals surface area (Å²) >= 11 is 3.38. The summed E-state index contributed by atoms with van der Waals surface area (Å²) in [5, 5.41) is 14.8. The summed E-state index contributed by atoms with van der Waals surface area (Å²) in [4.78, 5) is 10.2. The van der Waals surface area contributed by atoms with Crippen molar-refractivity contribution >= 4 is 33.5 Å². The quantitative estimate of drug-likeness (QED) is 0.505. The molecule has 0 aliphatic heterocycles. The first kappa shape index (κ1) is 15.0. The second-order valence-electron chi connectivity index (χ2n) is 4.06. The number of hydrazone groups is 1. The predicted molar refractivity (Wildman–Crippen MR) is 85.0 cm³/mol. The molecule has 0 fully saturated rings. The molecule has 0 amide bonds. The van der Waals surface area contributed by atoms with E-state index in [1.54, 1.807) is 25.5 Å². The Morgan fingerprint density at radius 3 is 2.86 bits per heavy atom. The summed E-state index contributed by atoms with van der Waals surface area (Å²) in [7, 11) is 1.58. The molecule has 2 aromatic carbocycles. The molecular weight excluding hydrogens is 338 g/mol. The third kappa shape index (κ3) is 4.03. The summed E-state index contributed by atoms with van der Waals surface area (Å²) in [5.41, 5.74) is 4.08. The topological polar surface area (TPSA) is 76.8 Å². The molecule has 2 aromatic rings. The lowest BCUT2D eigenvalue weighted by molar-refractivity contribution is -0.384. The lowest BCUT2D eigenvalue weighted by Crippen LogP contribution is -1.95. The van der Waals surface area contributed by atoms with Gasteiger partial charge in [0.1, 0.15) is 5.75 Å². The van der Waals surface area contributed by atoms with Crippen LogP contribution in [0.15, 0.2) is 52.0 Å². The number of nitrogens with one attached hydrogen (secondary N) is 1. The fourth-order valence-electron chi connectivity index (χ4n) is 1.67. The van der Waals surface area contributed by atoms with Gasteiger partial charge in [-0.3, -0.25) is 15.5 Å². The summed E-state index contributed by atoms with van der Waals surface area (Å²) in [6.07, 6.45) is 1.59. The zero-order valence-corrected chi connectivity index (χ0v) is 12.7. The number of non-ortho nitro benzene ring substituents is 1. The van der Waals surface area contributed by atoms with Crippen LogP contribution in [0.2, 0.25) is 0 Å². The molecule has 0 heterocycles. The standard InChI is InChI=1S/C14H12BrN3O3/c1-21-14-6-5-11(15)7-10(14)9-16-17-12-3-2-4-13(8-12)18(19)20/h2-9,17H,1H3/b16-9-. The van der Waals surface area contributed by atoms with Crippen LogP contribution in [0.1, 0.15) is 5.56 Å². The van der Waals surface area contributed by atoms with Gasteiger partial charge in [0.15, 0.2) is 0 Å². The monoisotopic (exact) mass is 349 g/mol. The first-order valence-electron chi connectivity index (χ1n) is 5.97. The Hall–Kier alpha value is -2.41. The molecule has 0 saturated carbocycles. The Bertz CT molecular complexity index is 689. The summed E-state index contributed by atoms with van der Waals surface area (Å²) < 4.78 is 6.13. The molecule has 7 heteroatoms. The molecule has 1 N–H and O–H groups in total. The van der Waals surface area contributed by atoms with E-state index in [1.165, 1.54) is 12.1 Å². The minimum atomic E-state index is -0.452. The molecule has 0 aliphatic rings. The molecule has 0 aliphatic carbocycles. The maximum atomic E-state index is 10.7. The second kappa shape index (κ2) is 6.85. The minimum absolute atomic E-state index is 0.00948. The molecule has 0 aromatic heterocycles. The highest BCUT2D eigenvalue weighted by molar-refractivity contribution is 9.10. The maximum absolute atomic E-state index is 10.7. The van der Waals surface area contributed by atoms with Gasteiger partial charge in [-0.1, -0.05) is 22.0 Å². The number of halogens is 1. The SMILES string of the molecule is COc1ccc(Br)cc1/C=N\Nc1cccc([N+](=O)[O-])c1. The fourth-order valence-corrected chi connectivity index (χ4v) is 2.05. The smallest absolute Gasteiger partial charge is 0.271 e. The highest BCUT2D eigenvalue weighted by Gasteiger charge is 2.05. The van der Waals surface area contributed by atoms with Crippen molar-refractivity contribution in [2.45, 2.75) is 0 Å². The van der Waals surface area contributed by atoms with Gasteiger partial charge >= 0.3 is 0 Å². The van der Waals surface area contributed by atoms with Gasteiger partial charge in [0, 0.05) is 22.2 Å². The Balaban J connectivity index is 2.14. The van der Waals surface area contributed by atoms with Crippen LogP contribution in [0.5, 0.6) is 5.75 Å². The van der Waals surface area contributed by atoms with Gasteiger partial charge in [-0.2, -0.15) is 5.10 Å². The van der Waals surface area contributed by atoms with E-state index >= 15 is 0 Å². The Kier molecular flexibility index (Phi) is 4.89. The molecule has 2 rings (SSSR count). The van der Waals surface area contributed by atoms with Crippen LogP contribution >= 0.6 is 15.9 Å². The zero-order chi connectivity index (χ0) is 15.2. The number of rotatable bonds is 5. The van der Waals surface area contributed by atoms with Gasteiger partial charge in [0.25, 0.3) is 5.69 Å². The number of nitro benzene ring substituents is 1. The van der Waals surface area contributed by atoms with E-state index in [1.807, 2.05) is 18.2 Å². The number of hydrogen-bond donors (Lipinski definition) is 1. The molecule has 0 atom stereocenters. The summed E-state index contributed by atoms with van der Waals surface area (Å²) in [5.74, 6) is 0.683. The normalized spacial score (nSPS) is 10.6. The number of methoxy groups -OCH3 is 1. The number of nitrogens with zero attached hydrogens (tertiary/aromatic N) is 2. The number of benzene rings is 2. The van der Waals surface area contributed by atoms with Gasteiger partial charge < -0.3 is 4.74 Å². The highest BCUT2D eigenvalue weighted by atomic mass is 79.9. The van der Waals surface area contributed by atoms with E-state index in [9.17, 15) is 10.1 Å². The molecule has 0 bridgehead atoms. The summed E-state index contributed by atoms with van der Waals surface area (Å²) in [6.45, 7) is 0. The molecule has 0 saturated heterocycles. The van der Waals surface area contributed by atoms with Gasteiger partial charge in [0.2, 0.25) is 0 Å². The average Bonchev–Trinajstić information content (AvgIpc) is 2.48. The van der Waals surface area contributed by atoms with E-state index in [0.29, 0.717) is 11.4 Å². The van der Waals surface area contributed by atoms with Crippen molar-refractivity contribution in [2.75, 3.05) is 12.5 Å². The van der Waals surface area contributed by atoms with Crippen LogP contribution in [-0.2, 0) is 0 Å². The van der Waals surface area contributed by atoms with Gasteiger partial charge in [-0.05, 0) is 24.3 Å². The molecular formula is C14H12BrN3O3. The Morgan fingerprint density at radius 2 is 2.14 bits per heavy atom. The van der Waals surface area contributed by atoms with Gasteiger partial charge in [-0.25, -0.2) is 0 Å². The molecule has 0 radical (unpaired) electrons. The van der Waals surface area contributed by atoms with Crippen LogP contribution in [0.3, 0.4) is 0 Å². The number of nitro groups is 1. The van der Waals surface area contributed by atoms with Crippen molar-refractivity contribution in [3.8, 4) is 5.75 Å². The van der Waals surface area contributed by atoms with E-state index < -0.39 is 4.92 Å². The lowest BCUT2D eigenvalue weighted by Gasteiger charge is -2.05. The Morgan fingerprint density at radius 1 is 1.33 bits per heavy atom. The van der Waals surface area contributed by atoms with Crippen molar-refractivity contribution in [1.82, 2.24) is 0 Å². The number of anilines is 1. The Labute approximate surface area is 129 Å². The molecule has 6 nitrogen and oxygen atoms in total. The van der Waals surface area contributed by atoms with Gasteiger partial charge in [-0.15, -0.1) is 0 Å². The third-order valence-electron chi connectivity index (χ3n) is 2.65. The average molecular weight is 350 g/mol. The van der Waals surface area contributed by atoms with Crippen molar-refractivity contribution in [1.29, 1.82) is 0 Å². The first-order chi connectivity index (χ1) is 10.1. The maximum Gasteiger partial charge on any atom is 0.271 e. The number of ether oxygens (including phenoxy) is 1. The first-order valence-corrected chi connectivity index (χ1v) is 6.76. The lowest BCUT2D eigenvalue weighted by atomic mass is 10.2. The third-order valence-corrected chi connectivity index (χ3v) is 3.14. The van der Waals surface area contributed by atoms with Crippen molar-refractivity contribution in [3.63, 3.8) is 0 Å². The zero-order valence-electron chi connectivity index (χ0n) is 11.1. The highest BCUT2D eigenvalue weighted by Crippen LogP contribution is 2.21. The van der Waals surface area contributed by atoms with E-state index in [0.717, 1.165) is 10.0 Å². The van der Waals surface area contributed by atoms with Crippen molar-refractivity contribution in [2.24, 2.45) is 5.10 Å². The molecule has 0 spiro atoms. The molecule has 0 unspecified atom stereocenters. The van der Waals surface area contributed by atoms with Crippen molar-refractivity contribution < 1.29 is 9.66 Å². The van der Waals surface area contributed by atoms with Crippen LogP contribution in [-0.4, -0.2) is 18.2 Å². The van der Waals surface area contributed by atoms with Crippen molar-refractivity contribution in [3.05, 3.63) is 62.6 Å². The van der Waals surface area contributed by atoms with Crippen LogP contribution in [0.4, 0.5) is 11.4 Å². The molecule has 21 heavy (non-hydrogen) atoms. The minimum Gasteiger partial charge on any atom is -0.496 e. The van der Waals surface area contributed by atoms with E-state index in [4.69, 9.17) is 4.74 Å². The van der Waals surface area contributed by atoms with E-state index in [-0.39, 0.29) is 5.69 Å². The predicted octanol–water partition coefficient (Wildman–Crippen LogP) is 3.81. The van der Waals surface area contributed by atoms with E-state index in [2.05, 4.69) is 26.5 Å². The molecule has 108 valence electrons. The second-order valence-corrected chi connectivity index (χ2v) is 4.98.